The third-order valence-corrected chi connectivity index (χ3v) is 6.09. The molecule has 160 valence electrons. The third-order valence-electron chi connectivity index (χ3n) is 4.99. The second kappa shape index (κ2) is 11.5. The Labute approximate surface area is 184 Å². The first-order valence-electron chi connectivity index (χ1n) is 9.47. The molecule has 28 heavy (non-hydrogen) atoms. The molecule has 1 fully saturated rings. The number of anilines is 1. The minimum Gasteiger partial charge on any atom is -0.376 e. The summed E-state index contributed by atoms with van der Waals surface area (Å²) in [6.45, 7) is 8.58. The SMILES string of the molecule is Cc1sc2nc(CCN)nc(N(CCN(C)C)CC3CCCO3)c2c1C.Cl.Cl. The predicted molar refractivity (Wildman–Crippen MR) is 124 cm³/mol. The van der Waals surface area contributed by atoms with E-state index < -0.39 is 0 Å². The first kappa shape index (κ1) is 25.3. The summed E-state index contributed by atoms with van der Waals surface area (Å²) in [5, 5.41) is 1.20. The Morgan fingerprint density at radius 1 is 1.18 bits per heavy atom. The van der Waals surface area contributed by atoms with Crippen molar-refractivity contribution in [3.63, 3.8) is 0 Å². The number of aromatic nitrogens is 2. The van der Waals surface area contributed by atoms with Gasteiger partial charge in [-0.15, -0.1) is 36.2 Å². The fourth-order valence-corrected chi connectivity index (χ4v) is 4.42. The Morgan fingerprint density at radius 2 is 1.93 bits per heavy atom. The number of aryl methyl sites for hydroxylation is 2. The van der Waals surface area contributed by atoms with Crippen LogP contribution in [0, 0.1) is 13.8 Å². The highest BCUT2D eigenvalue weighted by Crippen LogP contribution is 2.35. The lowest BCUT2D eigenvalue weighted by molar-refractivity contribution is 0.115. The summed E-state index contributed by atoms with van der Waals surface area (Å²) in [4.78, 5) is 16.7. The molecule has 0 amide bonds. The third kappa shape index (κ3) is 5.90. The standard InChI is InChI=1S/C19H31N5OS.2ClH/c1-13-14(2)26-19-17(13)18(21-16(22-19)7-8-20)24(10-9-23(3)4)12-15-6-5-11-25-15;;/h15H,5-12,20H2,1-4H3;2*1H. The molecule has 1 unspecified atom stereocenters. The van der Waals surface area contributed by atoms with Gasteiger partial charge in [-0.05, 0) is 52.9 Å². The van der Waals surface area contributed by atoms with E-state index >= 15 is 0 Å². The highest BCUT2D eigenvalue weighted by atomic mass is 35.5. The summed E-state index contributed by atoms with van der Waals surface area (Å²) < 4.78 is 5.92. The van der Waals surface area contributed by atoms with Crippen LogP contribution in [0.25, 0.3) is 10.2 Å². The zero-order valence-electron chi connectivity index (χ0n) is 17.2. The number of ether oxygens (including phenoxy) is 1. The van der Waals surface area contributed by atoms with Crippen LogP contribution in [-0.2, 0) is 11.2 Å². The van der Waals surface area contributed by atoms with Gasteiger partial charge in [-0.25, -0.2) is 9.97 Å². The maximum absolute atomic E-state index is 5.92. The van der Waals surface area contributed by atoms with Gasteiger partial charge < -0.3 is 20.3 Å². The Hall–Kier alpha value is -0.700. The molecule has 3 heterocycles. The fourth-order valence-electron chi connectivity index (χ4n) is 3.38. The van der Waals surface area contributed by atoms with E-state index in [1.807, 2.05) is 0 Å². The van der Waals surface area contributed by atoms with Gasteiger partial charge in [0, 0.05) is 37.5 Å². The summed E-state index contributed by atoms with van der Waals surface area (Å²) in [7, 11) is 4.22. The molecule has 1 atom stereocenters. The number of fused-ring (bicyclic) bond motifs is 1. The first-order chi connectivity index (χ1) is 12.5. The van der Waals surface area contributed by atoms with E-state index in [0.29, 0.717) is 19.1 Å². The number of halogens is 2. The van der Waals surface area contributed by atoms with Gasteiger partial charge in [-0.3, -0.25) is 0 Å². The highest BCUT2D eigenvalue weighted by molar-refractivity contribution is 7.18. The molecule has 9 heteroatoms. The Morgan fingerprint density at radius 3 is 2.54 bits per heavy atom. The van der Waals surface area contributed by atoms with Crippen LogP contribution in [0.4, 0.5) is 5.82 Å². The van der Waals surface area contributed by atoms with Crippen LogP contribution < -0.4 is 10.6 Å². The molecule has 0 bridgehead atoms. The summed E-state index contributed by atoms with van der Waals surface area (Å²) in [6, 6.07) is 0. The van der Waals surface area contributed by atoms with Crippen LogP contribution >= 0.6 is 36.2 Å². The van der Waals surface area contributed by atoms with Gasteiger partial charge in [-0.1, -0.05) is 0 Å². The summed E-state index contributed by atoms with van der Waals surface area (Å²) >= 11 is 1.76. The van der Waals surface area contributed by atoms with E-state index in [-0.39, 0.29) is 24.8 Å². The Bertz CT molecular complexity index is 749. The van der Waals surface area contributed by atoms with E-state index in [1.54, 1.807) is 11.3 Å². The zero-order chi connectivity index (χ0) is 18.7. The van der Waals surface area contributed by atoms with Crippen molar-refractivity contribution in [2.45, 2.75) is 39.2 Å². The predicted octanol–water partition coefficient (Wildman–Crippen LogP) is 3.20. The van der Waals surface area contributed by atoms with E-state index in [9.17, 15) is 0 Å². The second-order valence-electron chi connectivity index (χ2n) is 7.35. The van der Waals surface area contributed by atoms with E-state index in [1.165, 1.54) is 15.8 Å². The van der Waals surface area contributed by atoms with Crippen molar-refractivity contribution in [3.8, 4) is 0 Å². The van der Waals surface area contributed by atoms with Crippen molar-refractivity contribution in [1.29, 1.82) is 0 Å². The Balaban J connectivity index is 0.00000196. The van der Waals surface area contributed by atoms with Crippen molar-refractivity contribution in [3.05, 3.63) is 16.3 Å². The minimum atomic E-state index is 0. The van der Waals surface area contributed by atoms with Crippen LogP contribution in [0.5, 0.6) is 0 Å². The molecule has 0 spiro atoms. The average molecular weight is 450 g/mol. The quantitative estimate of drug-likeness (QED) is 0.666. The number of thiophene rings is 1. The molecule has 0 aromatic carbocycles. The molecule has 2 aromatic heterocycles. The van der Waals surface area contributed by atoms with Crippen molar-refractivity contribution in [2.75, 3.05) is 51.8 Å². The number of likely N-dealkylation sites (N-methyl/N-ethyl adjacent to an activating group) is 1. The van der Waals surface area contributed by atoms with Crippen molar-refractivity contribution < 1.29 is 4.74 Å². The number of hydrogen-bond donors (Lipinski definition) is 1. The smallest absolute Gasteiger partial charge is 0.141 e. The number of hydrogen-bond acceptors (Lipinski definition) is 7. The van der Waals surface area contributed by atoms with Gasteiger partial charge in [0.15, 0.2) is 0 Å². The molecule has 1 aliphatic rings. The van der Waals surface area contributed by atoms with Crippen LogP contribution in [0.15, 0.2) is 0 Å². The molecular formula is C19H33Cl2N5OS. The summed E-state index contributed by atoms with van der Waals surface area (Å²) in [5.41, 5.74) is 7.07. The average Bonchev–Trinajstić information content (AvgIpc) is 3.20. The van der Waals surface area contributed by atoms with Crippen LogP contribution in [-0.4, -0.2) is 67.9 Å². The monoisotopic (exact) mass is 449 g/mol. The lowest BCUT2D eigenvalue weighted by Crippen LogP contribution is -2.38. The van der Waals surface area contributed by atoms with E-state index in [2.05, 4.69) is 37.7 Å². The number of nitrogens with two attached hydrogens (primary N) is 1. The summed E-state index contributed by atoms with van der Waals surface area (Å²) in [5.74, 6) is 1.90. The van der Waals surface area contributed by atoms with Crippen LogP contribution in [0.2, 0.25) is 0 Å². The molecular weight excluding hydrogens is 417 g/mol. The van der Waals surface area contributed by atoms with Crippen molar-refractivity contribution in [2.24, 2.45) is 5.73 Å². The maximum Gasteiger partial charge on any atom is 0.141 e. The van der Waals surface area contributed by atoms with Gasteiger partial charge in [-0.2, -0.15) is 0 Å². The largest absolute Gasteiger partial charge is 0.376 e. The minimum absolute atomic E-state index is 0. The van der Waals surface area contributed by atoms with Gasteiger partial charge in [0.2, 0.25) is 0 Å². The molecule has 1 aliphatic heterocycles. The lowest BCUT2D eigenvalue weighted by atomic mass is 10.1. The fraction of sp³-hybridized carbons (Fsp3) is 0.684. The molecule has 0 aliphatic carbocycles. The van der Waals surface area contributed by atoms with Crippen molar-refractivity contribution in [1.82, 2.24) is 14.9 Å². The molecule has 2 aromatic rings. The molecule has 1 saturated heterocycles. The van der Waals surface area contributed by atoms with Gasteiger partial charge >= 0.3 is 0 Å². The second-order valence-corrected chi connectivity index (χ2v) is 8.55. The molecule has 3 rings (SSSR count). The van der Waals surface area contributed by atoms with Crippen LogP contribution in [0.3, 0.4) is 0 Å². The normalized spacial score (nSPS) is 16.3. The van der Waals surface area contributed by atoms with Gasteiger partial charge in [0.25, 0.3) is 0 Å². The van der Waals surface area contributed by atoms with E-state index in [4.69, 9.17) is 20.4 Å². The molecule has 6 nitrogen and oxygen atoms in total. The lowest BCUT2D eigenvalue weighted by Gasteiger charge is -2.28. The highest BCUT2D eigenvalue weighted by Gasteiger charge is 2.24. The zero-order valence-corrected chi connectivity index (χ0v) is 19.7. The van der Waals surface area contributed by atoms with Gasteiger partial charge in [0.1, 0.15) is 16.5 Å². The van der Waals surface area contributed by atoms with Crippen molar-refractivity contribution >= 4 is 52.2 Å². The molecule has 2 N–H and O–H groups in total. The Kier molecular flexibility index (Phi) is 10.4. The molecule has 0 saturated carbocycles. The molecule has 0 radical (unpaired) electrons. The summed E-state index contributed by atoms with van der Waals surface area (Å²) in [6.07, 6.45) is 3.28. The van der Waals surface area contributed by atoms with Crippen LogP contribution in [0.1, 0.15) is 29.1 Å². The first-order valence-corrected chi connectivity index (χ1v) is 10.3. The number of rotatable bonds is 8. The van der Waals surface area contributed by atoms with Gasteiger partial charge in [0.05, 0.1) is 11.5 Å². The maximum atomic E-state index is 5.92. The number of nitrogens with zero attached hydrogens (tertiary/aromatic N) is 4. The van der Waals surface area contributed by atoms with E-state index in [0.717, 1.165) is 55.6 Å². The topological polar surface area (TPSA) is 67.5 Å².